The Labute approximate surface area is 159 Å². The molecule has 0 spiro atoms. The summed E-state index contributed by atoms with van der Waals surface area (Å²) in [5.74, 6) is 0. The van der Waals surface area contributed by atoms with Gasteiger partial charge in [0.05, 0.1) is 5.52 Å². The number of aryl methyl sites for hydroxylation is 4. The Bertz CT molecular complexity index is 1340. The van der Waals surface area contributed by atoms with Gasteiger partial charge in [-0.05, 0) is 31.4 Å². The summed E-state index contributed by atoms with van der Waals surface area (Å²) >= 11 is 0. The van der Waals surface area contributed by atoms with E-state index in [1.54, 1.807) is 0 Å². The maximum atomic E-state index is 2.38. The van der Waals surface area contributed by atoms with Crippen LogP contribution in [0.15, 0.2) is 66.9 Å². The Morgan fingerprint density at radius 1 is 0.778 bits per heavy atom. The van der Waals surface area contributed by atoms with Crippen LogP contribution in [-0.4, -0.2) is 4.57 Å². The van der Waals surface area contributed by atoms with Crippen molar-refractivity contribution in [3.63, 3.8) is 0 Å². The molecule has 0 aliphatic carbocycles. The number of fused-ring (bicyclic) bond motifs is 5. The normalized spacial score (nSPS) is 11.7. The fourth-order valence-electron chi connectivity index (χ4n) is 4.54. The summed E-state index contributed by atoms with van der Waals surface area (Å²) in [5.41, 5.74) is 7.72. The van der Waals surface area contributed by atoms with Gasteiger partial charge in [0.1, 0.15) is 12.6 Å². The van der Waals surface area contributed by atoms with Crippen molar-refractivity contribution in [3.05, 3.63) is 78.0 Å². The van der Waals surface area contributed by atoms with Gasteiger partial charge in [-0.2, -0.15) is 4.57 Å². The molecule has 0 radical (unpaired) electrons. The molecule has 0 fully saturated rings. The van der Waals surface area contributed by atoms with Gasteiger partial charge >= 0.3 is 0 Å². The molecule has 5 rings (SSSR count). The van der Waals surface area contributed by atoms with Crippen LogP contribution < -0.4 is 4.57 Å². The van der Waals surface area contributed by atoms with Crippen molar-refractivity contribution in [2.75, 3.05) is 0 Å². The van der Waals surface area contributed by atoms with E-state index >= 15 is 0 Å². The Kier molecular flexibility index (Phi) is 3.38. The first-order valence-electron chi connectivity index (χ1n) is 9.42. The van der Waals surface area contributed by atoms with Crippen LogP contribution in [0, 0.1) is 13.8 Å². The highest BCUT2D eigenvalue weighted by Gasteiger charge is 2.23. The van der Waals surface area contributed by atoms with Gasteiger partial charge < -0.3 is 4.57 Å². The molecule has 2 aromatic heterocycles. The first-order chi connectivity index (χ1) is 13.1. The average Bonchev–Trinajstić information content (AvgIpc) is 2.97. The number of aromatic nitrogens is 2. The quantitative estimate of drug-likeness (QED) is 0.348. The summed E-state index contributed by atoms with van der Waals surface area (Å²) in [6.07, 6.45) is 2.26. The number of benzene rings is 3. The Balaban J connectivity index is 2.03. The number of hydrogen-bond acceptors (Lipinski definition) is 0. The van der Waals surface area contributed by atoms with Crippen molar-refractivity contribution >= 4 is 32.6 Å². The minimum Gasteiger partial charge on any atom is -0.338 e. The molecule has 2 heterocycles. The number of rotatable bonds is 1. The lowest BCUT2D eigenvalue weighted by molar-refractivity contribution is -0.659. The van der Waals surface area contributed by atoms with E-state index in [1.165, 1.54) is 55.0 Å². The summed E-state index contributed by atoms with van der Waals surface area (Å²) in [6.45, 7) is 4.35. The molecule has 0 unspecified atom stereocenters. The van der Waals surface area contributed by atoms with Gasteiger partial charge in [0.15, 0.2) is 6.20 Å². The molecule has 0 N–H and O–H groups in total. The molecular formula is C25H23N2+. The monoisotopic (exact) mass is 351 g/mol. The van der Waals surface area contributed by atoms with E-state index in [9.17, 15) is 0 Å². The van der Waals surface area contributed by atoms with Crippen molar-refractivity contribution < 1.29 is 4.57 Å². The van der Waals surface area contributed by atoms with Crippen LogP contribution in [0.3, 0.4) is 0 Å². The SMILES string of the molecule is Cc1ccc(-c2c3c(c(C)c[n+]2C)c2ccc4ccccc4c2n3C)cc1. The Hall–Kier alpha value is -3.13. The van der Waals surface area contributed by atoms with Crippen LogP contribution in [0.25, 0.3) is 43.8 Å². The zero-order valence-electron chi connectivity index (χ0n) is 16.2. The maximum absolute atomic E-state index is 2.38. The van der Waals surface area contributed by atoms with Crippen molar-refractivity contribution in [3.8, 4) is 11.3 Å². The Morgan fingerprint density at radius 3 is 2.30 bits per heavy atom. The van der Waals surface area contributed by atoms with Gasteiger partial charge in [-0.15, -0.1) is 0 Å². The van der Waals surface area contributed by atoms with Gasteiger partial charge in [-0.25, -0.2) is 0 Å². The van der Waals surface area contributed by atoms with Crippen LogP contribution in [-0.2, 0) is 14.1 Å². The van der Waals surface area contributed by atoms with Gasteiger partial charge in [0, 0.05) is 34.3 Å². The van der Waals surface area contributed by atoms with E-state index in [0.717, 1.165) is 0 Å². The third kappa shape index (κ3) is 2.23. The second-order valence-electron chi connectivity index (χ2n) is 7.60. The Morgan fingerprint density at radius 2 is 1.52 bits per heavy atom. The maximum Gasteiger partial charge on any atom is 0.236 e. The van der Waals surface area contributed by atoms with E-state index in [0.29, 0.717) is 0 Å². The standard InChI is InChI=1S/C25H23N2/c1-16-9-11-19(12-10-16)23-25-22(17(2)15-26(23)3)21-14-13-18-7-5-6-8-20(18)24(21)27(25)4/h5-15H,1-4H3/q+1. The van der Waals surface area contributed by atoms with E-state index in [1.807, 2.05) is 0 Å². The highest BCUT2D eigenvalue weighted by atomic mass is 15.0. The van der Waals surface area contributed by atoms with Crippen LogP contribution in [0.2, 0.25) is 0 Å². The number of nitrogens with zero attached hydrogens (tertiary/aromatic N) is 2. The summed E-state index contributed by atoms with van der Waals surface area (Å²) in [6, 6.07) is 22.0. The fourth-order valence-corrected chi connectivity index (χ4v) is 4.54. The van der Waals surface area contributed by atoms with Crippen molar-refractivity contribution in [2.24, 2.45) is 14.1 Å². The predicted octanol–water partition coefficient (Wildman–Crippen LogP) is 5.59. The summed E-state index contributed by atoms with van der Waals surface area (Å²) < 4.78 is 4.65. The van der Waals surface area contributed by atoms with E-state index in [4.69, 9.17) is 0 Å². The summed E-state index contributed by atoms with van der Waals surface area (Å²) in [4.78, 5) is 0. The molecule has 2 nitrogen and oxygen atoms in total. The molecule has 0 atom stereocenters. The smallest absolute Gasteiger partial charge is 0.236 e. The molecule has 3 aromatic carbocycles. The lowest BCUT2D eigenvalue weighted by Crippen LogP contribution is -2.31. The van der Waals surface area contributed by atoms with E-state index in [-0.39, 0.29) is 0 Å². The lowest BCUT2D eigenvalue weighted by Gasteiger charge is -2.07. The molecule has 27 heavy (non-hydrogen) atoms. The molecule has 0 aliphatic rings. The van der Waals surface area contributed by atoms with Crippen LogP contribution >= 0.6 is 0 Å². The second kappa shape index (κ2) is 5.68. The summed E-state index contributed by atoms with van der Waals surface area (Å²) in [5, 5.41) is 5.28. The zero-order valence-corrected chi connectivity index (χ0v) is 16.2. The third-order valence-corrected chi connectivity index (χ3v) is 5.76. The van der Waals surface area contributed by atoms with Gasteiger partial charge in [0.25, 0.3) is 0 Å². The lowest BCUT2D eigenvalue weighted by atomic mass is 10.0. The molecule has 0 saturated carbocycles. The molecule has 0 amide bonds. The second-order valence-corrected chi connectivity index (χ2v) is 7.60. The number of hydrogen-bond donors (Lipinski definition) is 0. The average molecular weight is 351 g/mol. The molecule has 5 aromatic rings. The first-order valence-corrected chi connectivity index (χ1v) is 9.42. The highest BCUT2D eigenvalue weighted by molar-refractivity contribution is 6.20. The topological polar surface area (TPSA) is 8.81 Å². The van der Waals surface area contributed by atoms with E-state index in [2.05, 4.69) is 104 Å². The van der Waals surface area contributed by atoms with Crippen LogP contribution in [0.4, 0.5) is 0 Å². The molecule has 0 saturated heterocycles. The summed E-state index contributed by atoms with van der Waals surface area (Å²) in [7, 11) is 4.35. The number of pyridine rings is 1. The predicted molar refractivity (Wildman–Crippen MR) is 114 cm³/mol. The van der Waals surface area contributed by atoms with E-state index < -0.39 is 0 Å². The minimum absolute atomic E-state index is 1.25. The van der Waals surface area contributed by atoms with Crippen molar-refractivity contribution in [1.82, 2.24) is 4.57 Å². The van der Waals surface area contributed by atoms with Gasteiger partial charge in [0.2, 0.25) is 5.69 Å². The van der Waals surface area contributed by atoms with Gasteiger partial charge in [-0.1, -0.05) is 54.1 Å². The largest absolute Gasteiger partial charge is 0.338 e. The first kappa shape index (κ1) is 16.1. The molecule has 0 bridgehead atoms. The van der Waals surface area contributed by atoms with Gasteiger partial charge in [-0.3, -0.25) is 0 Å². The highest BCUT2D eigenvalue weighted by Crippen LogP contribution is 2.38. The third-order valence-electron chi connectivity index (χ3n) is 5.76. The molecular weight excluding hydrogens is 328 g/mol. The van der Waals surface area contributed by atoms with Crippen LogP contribution in [0.1, 0.15) is 11.1 Å². The van der Waals surface area contributed by atoms with Crippen LogP contribution in [0.5, 0.6) is 0 Å². The van der Waals surface area contributed by atoms with Crippen molar-refractivity contribution in [1.29, 1.82) is 0 Å². The molecule has 0 aliphatic heterocycles. The molecule has 132 valence electrons. The minimum atomic E-state index is 1.25. The fraction of sp³-hybridized carbons (Fsp3) is 0.160. The molecule has 2 heteroatoms. The zero-order chi connectivity index (χ0) is 18.7. The van der Waals surface area contributed by atoms with Crippen molar-refractivity contribution in [2.45, 2.75) is 13.8 Å².